The second-order valence-corrected chi connectivity index (χ2v) is 5.90. The lowest BCUT2D eigenvalue weighted by Crippen LogP contribution is -2.40. The summed E-state index contributed by atoms with van der Waals surface area (Å²) in [4.78, 5) is 30.6. The molecule has 0 aliphatic carbocycles. The van der Waals surface area contributed by atoms with E-state index in [0.29, 0.717) is 44.0 Å². The first-order chi connectivity index (χ1) is 12.7. The Bertz CT molecular complexity index is 771. The Kier molecular flexibility index (Phi) is 5.80. The Morgan fingerprint density at radius 2 is 1.85 bits per heavy atom. The van der Waals surface area contributed by atoms with Crippen molar-refractivity contribution >= 4 is 11.8 Å². The van der Waals surface area contributed by atoms with Gasteiger partial charge in [-0.1, -0.05) is 12.1 Å². The first-order valence-corrected chi connectivity index (χ1v) is 8.40. The minimum Gasteiger partial charge on any atom is -0.497 e. The third-order valence-corrected chi connectivity index (χ3v) is 4.16. The van der Waals surface area contributed by atoms with E-state index in [1.807, 2.05) is 24.3 Å². The van der Waals surface area contributed by atoms with Gasteiger partial charge in [0.1, 0.15) is 5.75 Å². The summed E-state index contributed by atoms with van der Waals surface area (Å²) in [5.41, 5.74) is 1.72. The van der Waals surface area contributed by atoms with Gasteiger partial charge in [-0.2, -0.15) is 0 Å². The number of rotatable bonds is 5. The standard InChI is InChI=1S/C19H21N3O4/c1-25-17-4-2-14(3-5-17)11-21-18(23)15-10-16(13-20-12-15)19(24)22-6-8-26-9-7-22/h2-5,10,12-13H,6-9,11H2,1H3,(H,21,23). The lowest BCUT2D eigenvalue weighted by atomic mass is 10.1. The summed E-state index contributed by atoms with van der Waals surface area (Å²) in [5.74, 6) is 0.356. The van der Waals surface area contributed by atoms with Crippen LogP contribution in [0.25, 0.3) is 0 Å². The van der Waals surface area contributed by atoms with E-state index in [2.05, 4.69) is 10.3 Å². The molecule has 0 spiro atoms. The molecular formula is C19H21N3O4. The van der Waals surface area contributed by atoms with Crippen molar-refractivity contribution in [3.8, 4) is 5.75 Å². The van der Waals surface area contributed by atoms with E-state index in [1.54, 1.807) is 18.1 Å². The van der Waals surface area contributed by atoms with Crippen LogP contribution in [0.3, 0.4) is 0 Å². The van der Waals surface area contributed by atoms with Gasteiger partial charge in [-0.3, -0.25) is 14.6 Å². The van der Waals surface area contributed by atoms with Gasteiger partial charge in [0.2, 0.25) is 0 Å². The molecule has 1 aliphatic rings. The summed E-state index contributed by atoms with van der Waals surface area (Å²) < 4.78 is 10.4. The number of aromatic nitrogens is 1. The van der Waals surface area contributed by atoms with Crippen LogP contribution in [0.2, 0.25) is 0 Å². The van der Waals surface area contributed by atoms with Crippen molar-refractivity contribution in [2.75, 3.05) is 33.4 Å². The average molecular weight is 355 g/mol. The zero-order valence-electron chi connectivity index (χ0n) is 14.6. The van der Waals surface area contributed by atoms with Gasteiger partial charge in [0.25, 0.3) is 11.8 Å². The maximum absolute atomic E-state index is 12.5. The van der Waals surface area contributed by atoms with Crippen LogP contribution in [0.5, 0.6) is 5.75 Å². The third kappa shape index (κ3) is 4.37. The quantitative estimate of drug-likeness (QED) is 0.879. The number of morpholine rings is 1. The molecule has 7 nitrogen and oxygen atoms in total. The van der Waals surface area contributed by atoms with E-state index in [1.165, 1.54) is 12.4 Å². The van der Waals surface area contributed by atoms with E-state index in [9.17, 15) is 9.59 Å². The molecule has 1 saturated heterocycles. The molecule has 7 heteroatoms. The number of carbonyl (C=O) groups excluding carboxylic acids is 2. The van der Waals surface area contributed by atoms with E-state index in [-0.39, 0.29) is 11.8 Å². The summed E-state index contributed by atoms with van der Waals surface area (Å²) in [5, 5.41) is 2.83. The molecule has 2 amide bonds. The predicted molar refractivity (Wildman–Crippen MR) is 95.1 cm³/mol. The van der Waals surface area contributed by atoms with Gasteiger partial charge in [0.05, 0.1) is 31.5 Å². The van der Waals surface area contributed by atoms with Crippen LogP contribution in [-0.4, -0.2) is 55.1 Å². The summed E-state index contributed by atoms with van der Waals surface area (Å²) in [7, 11) is 1.61. The van der Waals surface area contributed by atoms with Crippen LogP contribution in [0.4, 0.5) is 0 Å². The van der Waals surface area contributed by atoms with Crippen molar-refractivity contribution in [1.29, 1.82) is 0 Å². The number of carbonyl (C=O) groups is 2. The molecule has 1 N–H and O–H groups in total. The summed E-state index contributed by atoms with van der Waals surface area (Å²) in [6.45, 7) is 2.53. The van der Waals surface area contributed by atoms with Gasteiger partial charge in [-0.15, -0.1) is 0 Å². The molecular weight excluding hydrogens is 334 g/mol. The lowest BCUT2D eigenvalue weighted by molar-refractivity contribution is 0.0302. The minimum absolute atomic E-state index is 0.134. The van der Waals surface area contributed by atoms with Crippen molar-refractivity contribution in [3.05, 3.63) is 59.4 Å². The van der Waals surface area contributed by atoms with Crippen molar-refractivity contribution in [2.24, 2.45) is 0 Å². The number of nitrogens with zero attached hydrogens (tertiary/aromatic N) is 2. The van der Waals surface area contributed by atoms with E-state index >= 15 is 0 Å². The predicted octanol–water partition coefficient (Wildman–Crippen LogP) is 1.49. The topological polar surface area (TPSA) is 80.8 Å². The Morgan fingerprint density at radius 3 is 2.54 bits per heavy atom. The Hall–Kier alpha value is -2.93. The largest absolute Gasteiger partial charge is 0.497 e. The van der Waals surface area contributed by atoms with Gasteiger partial charge in [0.15, 0.2) is 0 Å². The fraction of sp³-hybridized carbons (Fsp3) is 0.316. The third-order valence-electron chi connectivity index (χ3n) is 4.16. The summed E-state index contributed by atoms with van der Waals surface area (Å²) in [6.07, 6.45) is 2.94. The van der Waals surface area contributed by atoms with Crippen LogP contribution in [0.15, 0.2) is 42.7 Å². The molecule has 2 aromatic rings. The van der Waals surface area contributed by atoms with Gasteiger partial charge in [-0.25, -0.2) is 0 Å². The number of ether oxygens (including phenoxy) is 2. The highest BCUT2D eigenvalue weighted by Gasteiger charge is 2.19. The SMILES string of the molecule is COc1ccc(CNC(=O)c2cncc(C(=O)N3CCOCC3)c2)cc1. The van der Waals surface area contributed by atoms with Gasteiger partial charge >= 0.3 is 0 Å². The summed E-state index contributed by atoms with van der Waals surface area (Å²) >= 11 is 0. The molecule has 1 aromatic carbocycles. The zero-order valence-corrected chi connectivity index (χ0v) is 14.6. The van der Waals surface area contributed by atoms with Crippen LogP contribution in [0.1, 0.15) is 26.3 Å². The molecule has 0 bridgehead atoms. The fourth-order valence-electron chi connectivity index (χ4n) is 2.66. The van der Waals surface area contributed by atoms with Crippen molar-refractivity contribution in [1.82, 2.24) is 15.2 Å². The second-order valence-electron chi connectivity index (χ2n) is 5.90. The highest BCUT2D eigenvalue weighted by molar-refractivity contribution is 5.99. The molecule has 26 heavy (non-hydrogen) atoms. The number of methoxy groups -OCH3 is 1. The zero-order chi connectivity index (χ0) is 18.4. The molecule has 1 aromatic heterocycles. The van der Waals surface area contributed by atoms with Gasteiger partial charge < -0.3 is 19.7 Å². The molecule has 0 unspecified atom stereocenters. The maximum atomic E-state index is 12.5. The fourth-order valence-corrected chi connectivity index (χ4v) is 2.66. The number of amides is 2. The first-order valence-electron chi connectivity index (χ1n) is 8.40. The first kappa shape index (κ1) is 17.9. The maximum Gasteiger partial charge on any atom is 0.255 e. The number of pyridine rings is 1. The molecule has 2 heterocycles. The minimum atomic E-state index is -0.273. The smallest absolute Gasteiger partial charge is 0.255 e. The normalized spacial score (nSPS) is 14.0. The lowest BCUT2D eigenvalue weighted by Gasteiger charge is -2.26. The summed E-state index contributed by atoms with van der Waals surface area (Å²) in [6, 6.07) is 9.02. The molecule has 136 valence electrons. The number of hydrogen-bond acceptors (Lipinski definition) is 5. The van der Waals surface area contributed by atoms with Crippen LogP contribution >= 0.6 is 0 Å². The van der Waals surface area contributed by atoms with Crippen molar-refractivity contribution in [2.45, 2.75) is 6.54 Å². The molecule has 1 fully saturated rings. The molecule has 3 rings (SSSR count). The molecule has 0 atom stereocenters. The van der Waals surface area contributed by atoms with Gasteiger partial charge in [-0.05, 0) is 23.8 Å². The monoisotopic (exact) mass is 355 g/mol. The van der Waals surface area contributed by atoms with Crippen molar-refractivity contribution in [3.63, 3.8) is 0 Å². The van der Waals surface area contributed by atoms with Crippen LogP contribution in [-0.2, 0) is 11.3 Å². The molecule has 0 saturated carbocycles. The van der Waals surface area contributed by atoms with Crippen molar-refractivity contribution < 1.29 is 19.1 Å². The Balaban J connectivity index is 1.62. The van der Waals surface area contributed by atoms with E-state index < -0.39 is 0 Å². The molecule has 0 radical (unpaired) electrons. The molecule has 1 aliphatic heterocycles. The number of hydrogen-bond donors (Lipinski definition) is 1. The highest BCUT2D eigenvalue weighted by atomic mass is 16.5. The van der Waals surface area contributed by atoms with Crippen LogP contribution in [0, 0.1) is 0 Å². The Morgan fingerprint density at radius 1 is 1.15 bits per heavy atom. The van der Waals surface area contributed by atoms with Gasteiger partial charge in [0, 0.05) is 32.0 Å². The van der Waals surface area contributed by atoms with Crippen LogP contribution < -0.4 is 10.1 Å². The average Bonchev–Trinajstić information content (AvgIpc) is 2.72. The number of nitrogens with one attached hydrogen (secondary N) is 1. The highest BCUT2D eigenvalue weighted by Crippen LogP contribution is 2.12. The second kappa shape index (κ2) is 8.44. The Labute approximate surface area is 151 Å². The number of benzene rings is 1. The van der Waals surface area contributed by atoms with E-state index in [4.69, 9.17) is 9.47 Å². The van der Waals surface area contributed by atoms with E-state index in [0.717, 1.165) is 11.3 Å².